The van der Waals surface area contributed by atoms with Gasteiger partial charge in [0, 0.05) is 23.0 Å². The molecule has 0 radical (unpaired) electrons. The van der Waals surface area contributed by atoms with Gasteiger partial charge in [-0.1, -0.05) is 24.3 Å². The zero-order valence-electron chi connectivity index (χ0n) is 15.2. The molecule has 1 aromatic heterocycles. The molecular formula is C21H22N2O2S. The summed E-state index contributed by atoms with van der Waals surface area (Å²) in [5.41, 5.74) is 1.80. The minimum absolute atomic E-state index is 0.179. The zero-order chi connectivity index (χ0) is 18.7. The maximum absolute atomic E-state index is 12.8. The van der Waals surface area contributed by atoms with Crippen molar-refractivity contribution in [3.63, 3.8) is 0 Å². The van der Waals surface area contributed by atoms with Gasteiger partial charge in [-0.2, -0.15) is 0 Å². The number of rotatable bonds is 5. The van der Waals surface area contributed by atoms with Crippen LogP contribution < -0.4 is 10.7 Å². The maximum atomic E-state index is 12.8. The zero-order valence-corrected chi connectivity index (χ0v) is 16.0. The van der Waals surface area contributed by atoms with E-state index in [1.54, 1.807) is 24.0 Å². The molecule has 4 nitrogen and oxygen atoms in total. The molecule has 134 valence electrons. The number of amides is 1. The second kappa shape index (κ2) is 7.79. The van der Waals surface area contributed by atoms with E-state index >= 15 is 0 Å². The topological polar surface area (TPSA) is 51.1 Å². The highest BCUT2D eigenvalue weighted by Crippen LogP contribution is 2.19. The third-order valence-corrected chi connectivity index (χ3v) is 5.28. The van der Waals surface area contributed by atoms with Crippen molar-refractivity contribution >= 4 is 28.6 Å². The first-order chi connectivity index (χ1) is 12.5. The monoisotopic (exact) mass is 366 g/mol. The maximum Gasteiger partial charge on any atom is 0.257 e. The van der Waals surface area contributed by atoms with Crippen LogP contribution in [0.3, 0.4) is 0 Å². The van der Waals surface area contributed by atoms with E-state index in [1.165, 1.54) is 4.90 Å². The Bertz CT molecular complexity index is 993. The quantitative estimate of drug-likeness (QED) is 0.687. The molecule has 3 aromatic rings. The summed E-state index contributed by atoms with van der Waals surface area (Å²) in [5.74, 6) is -0.343. The molecule has 1 atom stereocenters. The van der Waals surface area contributed by atoms with Gasteiger partial charge in [-0.15, -0.1) is 11.8 Å². The fourth-order valence-corrected chi connectivity index (χ4v) is 3.43. The highest BCUT2D eigenvalue weighted by atomic mass is 32.2. The number of carbonyl (C=O) groups excluding carboxylic acids is 1. The number of hydrogen-bond acceptors (Lipinski definition) is 3. The molecule has 0 unspecified atom stereocenters. The van der Waals surface area contributed by atoms with Crippen molar-refractivity contribution in [2.24, 2.45) is 0 Å². The molecule has 1 heterocycles. The molecule has 0 saturated carbocycles. The smallest absolute Gasteiger partial charge is 0.257 e. The van der Waals surface area contributed by atoms with Gasteiger partial charge >= 0.3 is 0 Å². The van der Waals surface area contributed by atoms with Crippen LogP contribution in [0.2, 0.25) is 0 Å². The minimum Gasteiger partial charge on any atom is -0.347 e. The average Bonchev–Trinajstić information content (AvgIpc) is 2.68. The first-order valence-corrected chi connectivity index (χ1v) is 9.84. The average molecular weight is 366 g/mol. The fourth-order valence-electron chi connectivity index (χ4n) is 3.02. The molecule has 5 heteroatoms. The highest BCUT2D eigenvalue weighted by Gasteiger charge is 2.17. The summed E-state index contributed by atoms with van der Waals surface area (Å²) in [7, 11) is 0. The third-order valence-electron chi connectivity index (χ3n) is 4.54. The Morgan fingerprint density at radius 3 is 2.50 bits per heavy atom. The van der Waals surface area contributed by atoms with Crippen molar-refractivity contribution in [3.8, 4) is 0 Å². The summed E-state index contributed by atoms with van der Waals surface area (Å²) in [6.07, 6.45) is 3.68. The molecular weight excluding hydrogens is 344 g/mol. The Balaban J connectivity index is 1.92. The van der Waals surface area contributed by atoms with E-state index in [9.17, 15) is 9.59 Å². The Morgan fingerprint density at radius 2 is 1.85 bits per heavy atom. The summed E-state index contributed by atoms with van der Waals surface area (Å²) >= 11 is 1.68. The van der Waals surface area contributed by atoms with Crippen LogP contribution >= 0.6 is 11.8 Å². The molecule has 0 fully saturated rings. The van der Waals surface area contributed by atoms with Gasteiger partial charge in [0.1, 0.15) is 5.56 Å². The fraction of sp³-hybridized carbons (Fsp3) is 0.238. The molecule has 26 heavy (non-hydrogen) atoms. The van der Waals surface area contributed by atoms with Gasteiger partial charge in [0.25, 0.3) is 5.91 Å². The first-order valence-electron chi connectivity index (χ1n) is 8.62. The molecule has 0 aliphatic carbocycles. The number of benzene rings is 2. The van der Waals surface area contributed by atoms with Gasteiger partial charge in [-0.05, 0) is 49.9 Å². The third kappa shape index (κ3) is 3.53. The minimum atomic E-state index is -0.343. The van der Waals surface area contributed by atoms with E-state index in [-0.39, 0.29) is 22.9 Å². The molecule has 0 aliphatic heterocycles. The Hall–Kier alpha value is -2.53. The summed E-state index contributed by atoms with van der Waals surface area (Å²) in [6.45, 7) is 4.60. The summed E-state index contributed by atoms with van der Waals surface area (Å²) in [6, 6.07) is 15.3. The van der Waals surface area contributed by atoms with Gasteiger partial charge < -0.3 is 9.88 Å². The lowest BCUT2D eigenvalue weighted by atomic mass is 10.1. The highest BCUT2D eigenvalue weighted by molar-refractivity contribution is 7.98. The normalized spacial score (nSPS) is 12.1. The molecule has 2 aromatic carbocycles. The molecule has 0 aliphatic rings. The van der Waals surface area contributed by atoms with E-state index < -0.39 is 0 Å². The number of pyridine rings is 1. The van der Waals surface area contributed by atoms with Crippen LogP contribution in [0.5, 0.6) is 0 Å². The number of nitrogens with zero attached hydrogens (tertiary/aromatic N) is 1. The van der Waals surface area contributed by atoms with Crippen molar-refractivity contribution in [2.75, 3.05) is 6.26 Å². The lowest BCUT2D eigenvalue weighted by Crippen LogP contribution is -2.31. The molecule has 3 rings (SSSR count). The largest absolute Gasteiger partial charge is 0.347 e. The van der Waals surface area contributed by atoms with Crippen molar-refractivity contribution in [1.82, 2.24) is 9.88 Å². The molecule has 0 saturated heterocycles. The van der Waals surface area contributed by atoms with Crippen molar-refractivity contribution in [3.05, 3.63) is 76.1 Å². The van der Waals surface area contributed by atoms with Crippen LogP contribution in [0.1, 0.15) is 35.8 Å². The second-order valence-electron chi connectivity index (χ2n) is 6.14. The lowest BCUT2D eigenvalue weighted by Gasteiger charge is -2.16. The van der Waals surface area contributed by atoms with Crippen LogP contribution in [-0.4, -0.2) is 16.7 Å². The molecule has 0 bridgehead atoms. The molecule has 1 N–H and O–H groups in total. The predicted molar refractivity (Wildman–Crippen MR) is 108 cm³/mol. The van der Waals surface area contributed by atoms with Gasteiger partial charge in [0.05, 0.1) is 11.6 Å². The number of carbonyl (C=O) groups is 1. The summed E-state index contributed by atoms with van der Waals surface area (Å²) < 4.78 is 1.93. The number of fused-ring (bicyclic) bond motifs is 1. The number of hydrogen-bond donors (Lipinski definition) is 1. The lowest BCUT2D eigenvalue weighted by molar-refractivity contribution is 0.0938. The SMILES string of the molecule is CCn1cc(C(=O)N[C@@H](C)c2ccc(SC)cc2)c(=O)c2ccccc21. The summed E-state index contributed by atoms with van der Waals surface area (Å²) in [4.78, 5) is 26.7. The number of para-hydroxylation sites is 1. The number of thioether (sulfide) groups is 1. The van der Waals surface area contributed by atoms with Crippen LogP contribution in [0.15, 0.2) is 64.4 Å². The predicted octanol–water partition coefficient (Wildman–Crippen LogP) is 4.23. The van der Waals surface area contributed by atoms with E-state index in [2.05, 4.69) is 5.32 Å². The van der Waals surface area contributed by atoms with Crippen molar-refractivity contribution in [1.29, 1.82) is 0 Å². The van der Waals surface area contributed by atoms with Crippen molar-refractivity contribution < 1.29 is 4.79 Å². The van der Waals surface area contributed by atoms with E-state index in [0.717, 1.165) is 11.1 Å². The number of aromatic nitrogens is 1. The number of nitrogens with one attached hydrogen (secondary N) is 1. The van der Waals surface area contributed by atoms with Crippen LogP contribution in [0, 0.1) is 0 Å². The number of aryl methyl sites for hydroxylation is 1. The Kier molecular flexibility index (Phi) is 5.47. The van der Waals surface area contributed by atoms with Gasteiger partial charge in [0.15, 0.2) is 0 Å². The first kappa shape index (κ1) is 18.3. The van der Waals surface area contributed by atoms with Crippen LogP contribution in [-0.2, 0) is 6.54 Å². The van der Waals surface area contributed by atoms with Gasteiger partial charge in [0.2, 0.25) is 5.43 Å². The molecule has 0 spiro atoms. The van der Waals surface area contributed by atoms with E-state index in [4.69, 9.17) is 0 Å². The van der Waals surface area contributed by atoms with E-state index in [1.807, 2.05) is 67.1 Å². The standard InChI is InChI=1S/C21H22N2O2S/c1-4-23-13-18(20(24)17-7-5-6-8-19(17)23)21(25)22-14(2)15-9-11-16(26-3)12-10-15/h5-14H,4H2,1-3H3,(H,22,25)/t14-/m0/s1. The Labute approximate surface area is 157 Å². The second-order valence-corrected chi connectivity index (χ2v) is 7.02. The van der Waals surface area contributed by atoms with Crippen molar-refractivity contribution in [2.45, 2.75) is 31.3 Å². The van der Waals surface area contributed by atoms with Gasteiger partial charge in [-0.3, -0.25) is 9.59 Å². The Morgan fingerprint density at radius 1 is 1.15 bits per heavy atom. The summed E-state index contributed by atoms with van der Waals surface area (Å²) in [5, 5.41) is 3.52. The van der Waals surface area contributed by atoms with E-state index in [0.29, 0.717) is 11.9 Å². The van der Waals surface area contributed by atoms with Crippen LogP contribution in [0.25, 0.3) is 10.9 Å². The van der Waals surface area contributed by atoms with Crippen LogP contribution in [0.4, 0.5) is 0 Å². The van der Waals surface area contributed by atoms with Gasteiger partial charge in [-0.25, -0.2) is 0 Å². The molecule has 1 amide bonds.